The molecule has 0 aliphatic heterocycles. The Morgan fingerprint density at radius 2 is 2.06 bits per heavy atom. The number of Topliss-reactive ketones (excluding diaryl/α,β-unsaturated/α-hetero) is 1. The lowest BCUT2D eigenvalue weighted by molar-refractivity contribution is 0.00120. The first kappa shape index (κ1) is 14.6. The molecule has 18 heavy (non-hydrogen) atoms. The molecule has 0 fully saturated rings. The van der Waals surface area contributed by atoms with Gasteiger partial charge in [0.15, 0.2) is 5.78 Å². The van der Waals surface area contributed by atoms with Gasteiger partial charge >= 0.3 is 0 Å². The fraction of sp³-hybridized carbons (Fsp3) is 0.571. The summed E-state index contributed by atoms with van der Waals surface area (Å²) in [4.78, 5) is 16.3. The summed E-state index contributed by atoms with van der Waals surface area (Å²) in [5, 5.41) is 0. The molecule has 0 atom stereocenters. The van der Waals surface area contributed by atoms with Gasteiger partial charge in [0.25, 0.3) is 0 Å². The number of carbonyl (C=O) groups is 1. The minimum absolute atomic E-state index is 0.0528. The Morgan fingerprint density at radius 1 is 1.39 bits per heavy atom. The van der Waals surface area contributed by atoms with Gasteiger partial charge in [0.1, 0.15) is 11.4 Å². The van der Waals surface area contributed by atoms with Crippen molar-refractivity contribution < 1.29 is 14.3 Å². The first-order valence-corrected chi connectivity index (χ1v) is 6.17. The van der Waals surface area contributed by atoms with Crippen LogP contribution in [-0.4, -0.2) is 29.1 Å². The lowest BCUT2D eigenvalue weighted by Gasteiger charge is -2.23. The third-order valence-corrected chi connectivity index (χ3v) is 2.40. The third kappa shape index (κ3) is 3.81. The number of rotatable bonds is 6. The molecule has 0 radical (unpaired) electrons. The maximum Gasteiger partial charge on any atom is 0.195 e. The van der Waals surface area contributed by atoms with Crippen LogP contribution in [0.5, 0.6) is 5.75 Å². The Balaban J connectivity index is 2.92. The van der Waals surface area contributed by atoms with Crippen LogP contribution in [0, 0.1) is 0 Å². The van der Waals surface area contributed by atoms with Crippen LogP contribution >= 0.6 is 0 Å². The largest absolute Gasteiger partial charge is 0.489 e. The molecule has 0 saturated carbocycles. The highest BCUT2D eigenvalue weighted by molar-refractivity contribution is 6.01. The van der Waals surface area contributed by atoms with E-state index in [9.17, 15) is 4.79 Å². The van der Waals surface area contributed by atoms with Crippen LogP contribution in [0.25, 0.3) is 0 Å². The molecule has 0 aliphatic carbocycles. The fourth-order valence-corrected chi connectivity index (χ4v) is 1.65. The van der Waals surface area contributed by atoms with E-state index < -0.39 is 5.60 Å². The van der Waals surface area contributed by atoms with Gasteiger partial charge in [0.2, 0.25) is 0 Å². The summed E-state index contributed by atoms with van der Waals surface area (Å²) in [7, 11) is 0. The SMILES string of the molecule is CCOC(C)(C)C(=O)c1cncc(OC(C)C)c1. The van der Waals surface area contributed by atoms with Crippen LogP contribution in [0.1, 0.15) is 45.0 Å². The lowest BCUT2D eigenvalue weighted by atomic mass is 9.97. The Kier molecular flexibility index (Phi) is 4.84. The van der Waals surface area contributed by atoms with Crippen LogP contribution < -0.4 is 4.74 Å². The Morgan fingerprint density at radius 3 is 2.61 bits per heavy atom. The molecule has 0 aromatic carbocycles. The standard InChI is InChI=1S/C14H21NO3/c1-6-17-14(4,5)13(16)11-7-12(9-15-8-11)18-10(2)3/h7-10H,6H2,1-5H3. The highest BCUT2D eigenvalue weighted by Crippen LogP contribution is 2.20. The average molecular weight is 251 g/mol. The molecule has 0 aliphatic rings. The molecule has 4 heteroatoms. The summed E-state index contributed by atoms with van der Waals surface area (Å²) in [5.41, 5.74) is -0.334. The topological polar surface area (TPSA) is 48.4 Å². The summed E-state index contributed by atoms with van der Waals surface area (Å²) < 4.78 is 11.0. The number of hydrogen-bond acceptors (Lipinski definition) is 4. The van der Waals surface area contributed by atoms with E-state index in [4.69, 9.17) is 9.47 Å². The number of ketones is 1. The minimum atomic E-state index is -0.840. The van der Waals surface area contributed by atoms with Crippen molar-refractivity contribution in [1.82, 2.24) is 4.98 Å². The van der Waals surface area contributed by atoms with E-state index >= 15 is 0 Å². The van der Waals surface area contributed by atoms with E-state index in [0.29, 0.717) is 17.9 Å². The van der Waals surface area contributed by atoms with Gasteiger partial charge < -0.3 is 9.47 Å². The lowest BCUT2D eigenvalue weighted by Crippen LogP contribution is -2.35. The highest BCUT2D eigenvalue weighted by Gasteiger charge is 2.29. The molecule has 0 N–H and O–H groups in total. The van der Waals surface area contributed by atoms with Crippen molar-refractivity contribution >= 4 is 5.78 Å². The molecule has 1 heterocycles. The first-order valence-electron chi connectivity index (χ1n) is 6.17. The molecule has 0 unspecified atom stereocenters. The zero-order chi connectivity index (χ0) is 13.8. The van der Waals surface area contributed by atoms with Gasteiger partial charge in [-0.05, 0) is 40.7 Å². The number of aromatic nitrogens is 1. The molecular formula is C14H21NO3. The first-order chi connectivity index (χ1) is 8.36. The molecule has 100 valence electrons. The molecule has 0 saturated heterocycles. The molecule has 0 amide bonds. The van der Waals surface area contributed by atoms with E-state index in [2.05, 4.69) is 4.98 Å². The maximum atomic E-state index is 12.3. The van der Waals surface area contributed by atoms with Crippen LogP contribution in [0.2, 0.25) is 0 Å². The Hall–Kier alpha value is -1.42. The number of carbonyl (C=O) groups excluding carboxylic acids is 1. The van der Waals surface area contributed by atoms with E-state index in [1.807, 2.05) is 20.8 Å². The van der Waals surface area contributed by atoms with E-state index in [1.165, 1.54) is 6.20 Å². The average Bonchev–Trinajstić information content (AvgIpc) is 2.27. The van der Waals surface area contributed by atoms with Crippen LogP contribution in [-0.2, 0) is 4.74 Å². The number of pyridine rings is 1. The van der Waals surface area contributed by atoms with Crippen LogP contribution in [0.15, 0.2) is 18.5 Å². The number of nitrogens with zero attached hydrogens (tertiary/aromatic N) is 1. The van der Waals surface area contributed by atoms with Crippen LogP contribution in [0.4, 0.5) is 0 Å². The van der Waals surface area contributed by atoms with E-state index in [0.717, 1.165) is 0 Å². The highest BCUT2D eigenvalue weighted by atomic mass is 16.5. The van der Waals surface area contributed by atoms with Gasteiger partial charge in [-0.25, -0.2) is 0 Å². The second-order valence-electron chi connectivity index (χ2n) is 4.85. The van der Waals surface area contributed by atoms with Crippen molar-refractivity contribution in [2.45, 2.75) is 46.3 Å². The van der Waals surface area contributed by atoms with E-state index in [1.54, 1.807) is 26.1 Å². The number of ether oxygens (including phenoxy) is 2. The predicted octanol–water partition coefficient (Wildman–Crippen LogP) is 2.87. The molecule has 1 aromatic heterocycles. The maximum absolute atomic E-state index is 12.3. The summed E-state index contributed by atoms with van der Waals surface area (Å²) in [6.45, 7) is 9.74. The Labute approximate surface area is 108 Å². The normalized spacial score (nSPS) is 11.7. The Bertz CT molecular complexity index is 413. The van der Waals surface area contributed by atoms with Gasteiger partial charge in [-0.2, -0.15) is 0 Å². The summed E-state index contributed by atoms with van der Waals surface area (Å²) in [6, 6.07) is 1.70. The van der Waals surface area contributed by atoms with Gasteiger partial charge in [0.05, 0.1) is 12.3 Å². The molecule has 0 bridgehead atoms. The second kappa shape index (κ2) is 5.96. The van der Waals surface area contributed by atoms with Crippen molar-refractivity contribution in [3.8, 4) is 5.75 Å². The minimum Gasteiger partial charge on any atom is -0.489 e. The monoisotopic (exact) mass is 251 g/mol. The zero-order valence-electron chi connectivity index (χ0n) is 11.7. The zero-order valence-corrected chi connectivity index (χ0v) is 11.7. The summed E-state index contributed by atoms with van der Waals surface area (Å²) in [5.74, 6) is 0.509. The van der Waals surface area contributed by atoms with Crippen molar-refractivity contribution in [1.29, 1.82) is 0 Å². The predicted molar refractivity (Wildman–Crippen MR) is 70.0 cm³/mol. The van der Waals surface area contributed by atoms with Crippen LogP contribution in [0.3, 0.4) is 0 Å². The molecule has 0 spiro atoms. The van der Waals surface area contributed by atoms with Gasteiger partial charge in [-0.3, -0.25) is 9.78 Å². The molecule has 4 nitrogen and oxygen atoms in total. The molecule has 1 aromatic rings. The quantitative estimate of drug-likeness (QED) is 0.729. The van der Waals surface area contributed by atoms with Crippen molar-refractivity contribution in [2.24, 2.45) is 0 Å². The molecular weight excluding hydrogens is 230 g/mol. The van der Waals surface area contributed by atoms with E-state index in [-0.39, 0.29) is 11.9 Å². The smallest absolute Gasteiger partial charge is 0.195 e. The van der Waals surface area contributed by atoms with Crippen molar-refractivity contribution in [2.75, 3.05) is 6.61 Å². The summed E-state index contributed by atoms with van der Waals surface area (Å²) >= 11 is 0. The van der Waals surface area contributed by atoms with Gasteiger partial charge in [-0.1, -0.05) is 0 Å². The fourth-order valence-electron chi connectivity index (χ4n) is 1.65. The third-order valence-electron chi connectivity index (χ3n) is 2.40. The van der Waals surface area contributed by atoms with Crippen molar-refractivity contribution in [3.63, 3.8) is 0 Å². The molecule has 1 rings (SSSR count). The summed E-state index contributed by atoms with van der Waals surface area (Å²) in [6.07, 6.45) is 3.19. The number of hydrogen-bond donors (Lipinski definition) is 0. The van der Waals surface area contributed by atoms with Crippen molar-refractivity contribution in [3.05, 3.63) is 24.0 Å². The second-order valence-corrected chi connectivity index (χ2v) is 4.85. The van der Waals surface area contributed by atoms with Gasteiger partial charge in [0, 0.05) is 18.4 Å². The van der Waals surface area contributed by atoms with Gasteiger partial charge in [-0.15, -0.1) is 0 Å².